The molecule has 31 heavy (non-hydrogen) atoms. The first-order chi connectivity index (χ1) is 14.9. The number of hydrogen-bond donors (Lipinski definition) is 1. The standard InChI is InChI=1S/C25H20F2N2O2/c1-15(2)16-8-11-19(12-9-16)29-24(30)22(17-6-4-3-5-7-17)23(25(29)31)28-18-10-13-20(26)21(27)14-18/h3-15,28H,1-2H3. The minimum absolute atomic E-state index is 0.00939. The van der Waals surface area contributed by atoms with Gasteiger partial charge in [0.25, 0.3) is 11.8 Å². The van der Waals surface area contributed by atoms with Gasteiger partial charge in [-0.3, -0.25) is 9.59 Å². The second-order valence-corrected chi connectivity index (χ2v) is 7.56. The van der Waals surface area contributed by atoms with Crippen molar-refractivity contribution in [2.45, 2.75) is 19.8 Å². The van der Waals surface area contributed by atoms with Crippen LogP contribution in [0.5, 0.6) is 0 Å². The molecule has 1 aliphatic rings. The number of hydrogen-bond acceptors (Lipinski definition) is 3. The third kappa shape index (κ3) is 3.84. The van der Waals surface area contributed by atoms with E-state index in [-0.39, 0.29) is 17.0 Å². The Labute approximate surface area is 178 Å². The number of carbonyl (C=O) groups is 2. The number of anilines is 2. The Kier molecular flexibility index (Phi) is 5.38. The molecule has 2 amide bonds. The van der Waals surface area contributed by atoms with Gasteiger partial charge < -0.3 is 5.32 Å². The number of nitrogens with one attached hydrogen (secondary N) is 1. The second kappa shape index (κ2) is 8.14. The van der Waals surface area contributed by atoms with E-state index < -0.39 is 23.4 Å². The average molecular weight is 418 g/mol. The van der Waals surface area contributed by atoms with Gasteiger partial charge in [-0.15, -0.1) is 0 Å². The molecule has 0 aromatic heterocycles. The lowest BCUT2D eigenvalue weighted by Crippen LogP contribution is -2.32. The Hall–Kier alpha value is -3.80. The molecule has 0 saturated heterocycles. The maximum Gasteiger partial charge on any atom is 0.282 e. The van der Waals surface area contributed by atoms with Crippen LogP contribution in [-0.4, -0.2) is 11.8 Å². The fourth-order valence-electron chi connectivity index (χ4n) is 3.48. The van der Waals surface area contributed by atoms with Crippen LogP contribution in [0.2, 0.25) is 0 Å². The minimum Gasteiger partial charge on any atom is -0.350 e. The summed E-state index contributed by atoms with van der Waals surface area (Å²) >= 11 is 0. The fraction of sp³-hybridized carbons (Fsp3) is 0.120. The molecule has 0 atom stereocenters. The zero-order chi connectivity index (χ0) is 22.1. The Morgan fingerprint density at radius 1 is 0.806 bits per heavy atom. The number of amides is 2. The Morgan fingerprint density at radius 2 is 1.48 bits per heavy atom. The molecule has 4 nitrogen and oxygen atoms in total. The lowest BCUT2D eigenvalue weighted by atomic mass is 10.0. The summed E-state index contributed by atoms with van der Waals surface area (Å²) in [6, 6.07) is 19.2. The van der Waals surface area contributed by atoms with Gasteiger partial charge in [0.15, 0.2) is 11.6 Å². The Morgan fingerprint density at radius 3 is 2.10 bits per heavy atom. The smallest absolute Gasteiger partial charge is 0.282 e. The summed E-state index contributed by atoms with van der Waals surface area (Å²) < 4.78 is 27.0. The van der Waals surface area contributed by atoms with Gasteiger partial charge in [0, 0.05) is 11.8 Å². The number of nitrogens with zero attached hydrogens (tertiary/aromatic N) is 1. The van der Waals surface area contributed by atoms with Crippen LogP contribution >= 0.6 is 0 Å². The van der Waals surface area contributed by atoms with E-state index in [1.807, 2.05) is 12.1 Å². The van der Waals surface area contributed by atoms with E-state index in [0.717, 1.165) is 22.6 Å². The highest BCUT2D eigenvalue weighted by atomic mass is 19.2. The SMILES string of the molecule is CC(C)c1ccc(N2C(=O)C(Nc3ccc(F)c(F)c3)=C(c3ccccc3)C2=O)cc1. The first-order valence-electron chi connectivity index (χ1n) is 9.87. The van der Waals surface area contributed by atoms with Crippen LogP contribution < -0.4 is 10.2 Å². The van der Waals surface area contributed by atoms with Crippen molar-refractivity contribution in [1.29, 1.82) is 0 Å². The predicted molar refractivity (Wildman–Crippen MR) is 116 cm³/mol. The molecule has 1 heterocycles. The van der Waals surface area contributed by atoms with Gasteiger partial charge in [-0.2, -0.15) is 0 Å². The van der Waals surface area contributed by atoms with Gasteiger partial charge in [0.2, 0.25) is 0 Å². The zero-order valence-corrected chi connectivity index (χ0v) is 17.0. The van der Waals surface area contributed by atoms with Crippen molar-refractivity contribution in [3.8, 4) is 0 Å². The van der Waals surface area contributed by atoms with Crippen LogP contribution in [0.25, 0.3) is 5.57 Å². The third-order valence-electron chi connectivity index (χ3n) is 5.15. The molecule has 1 N–H and O–H groups in total. The summed E-state index contributed by atoms with van der Waals surface area (Å²) in [6.07, 6.45) is 0. The third-order valence-corrected chi connectivity index (χ3v) is 5.15. The predicted octanol–water partition coefficient (Wildman–Crippen LogP) is 5.48. The maximum atomic E-state index is 13.7. The van der Waals surface area contributed by atoms with Gasteiger partial charge in [-0.1, -0.05) is 56.3 Å². The number of halogens is 2. The second-order valence-electron chi connectivity index (χ2n) is 7.56. The van der Waals surface area contributed by atoms with Gasteiger partial charge >= 0.3 is 0 Å². The van der Waals surface area contributed by atoms with Crippen LogP contribution in [0.15, 0.2) is 78.5 Å². The van der Waals surface area contributed by atoms with E-state index in [9.17, 15) is 18.4 Å². The van der Waals surface area contributed by atoms with Gasteiger partial charge in [0.05, 0.1) is 11.3 Å². The largest absolute Gasteiger partial charge is 0.350 e. The number of rotatable bonds is 5. The summed E-state index contributed by atoms with van der Waals surface area (Å²) in [4.78, 5) is 27.7. The molecule has 0 unspecified atom stereocenters. The van der Waals surface area contributed by atoms with Crippen molar-refractivity contribution >= 4 is 28.8 Å². The van der Waals surface area contributed by atoms with Crippen molar-refractivity contribution in [2.24, 2.45) is 0 Å². The molecule has 0 bridgehead atoms. The molecule has 0 aliphatic carbocycles. The fourth-order valence-corrected chi connectivity index (χ4v) is 3.48. The molecule has 0 radical (unpaired) electrons. The minimum atomic E-state index is -1.05. The summed E-state index contributed by atoms with van der Waals surface area (Å²) in [7, 11) is 0. The first-order valence-corrected chi connectivity index (χ1v) is 9.87. The average Bonchev–Trinajstić information content (AvgIpc) is 3.01. The lowest BCUT2D eigenvalue weighted by molar-refractivity contribution is -0.120. The van der Waals surface area contributed by atoms with Crippen LogP contribution in [0.4, 0.5) is 20.2 Å². The van der Waals surface area contributed by atoms with E-state index >= 15 is 0 Å². The van der Waals surface area contributed by atoms with Crippen LogP contribution in [0.1, 0.15) is 30.9 Å². The van der Waals surface area contributed by atoms with E-state index in [0.29, 0.717) is 17.2 Å². The monoisotopic (exact) mass is 418 g/mol. The molecule has 3 aromatic rings. The van der Waals surface area contributed by atoms with Crippen LogP contribution in [-0.2, 0) is 9.59 Å². The molecular weight excluding hydrogens is 398 g/mol. The van der Waals surface area contributed by atoms with Crippen molar-refractivity contribution < 1.29 is 18.4 Å². The molecule has 0 saturated carbocycles. The summed E-state index contributed by atoms with van der Waals surface area (Å²) in [5.74, 6) is -2.79. The Bertz CT molecular complexity index is 1190. The lowest BCUT2D eigenvalue weighted by Gasteiger charge is -2.16. The van der Waals surface area contributed by atoms with Crippen molar-refractivity contribution in [2.75, 3.05) is 10.2 Å². The molecule has 6 heteroatoms. The topological polar surface area (TPSA) is 49.4 Å². The molecule has 0 fully saturated rings. The highest BCUT2D eigenvalue weighted by molar-refractivity contribution is 6.46. The van der Waals surface area contributed by atoms with E-state index in [1.54, 1.807) is 42.5 Å². The van der Waals surface area contributed by atoms with E-state index in [1.165, 1.54) is 6.07 Å². The molecule has 1 aliphatic heterocycles. The normalized spacial score (nSPS) is 14.0. The number of imide groups is 1. The molecule has 0 spiro atoms. The maximum absolute atomic E-state index is 13.7. The summed E-state index contributed by atoms with van der Waals surface area (Å²) in [6.45, 7) is 4.11. The number of benzene rings is 3. The summed E-state index contributed by atoms with van der Waals surface area (Å²) in [5.41, 5.74) is 2.42. The number of carbonyl (C=O) groups excluding carboxylic acids is 2. The van der Waals surface area contributed by atoms with Crippen molar-refractivity contribution in [3.05, 3.63) is 101 Å². The van der Waals surface area contributed by atoms with Crippen LogP contribution in [0, 0.1) is 11.6 Å². The zero-order valence-electron chi connectivity index (χ0n) is 17.0. The quantitative estimate of drug-likeness (QED) is 0.558. The van der Waals surface area contributed by atoms with Crippen molar-refractivity contribution in [1.82, 2.24) is 0 Å². The van der Waals surface area contributed by atoms with Crippen LogP contribution in [0.3, 0.4) is 0 Å². The highest BCUT2D eigenvalue weighted by Gasteiger charge is 2.40. The van der Waals surface area contributed by atoms with E-state index in [2.05, 4.69) is 19.2 Å². The summed E-state index contributed by atoms with van der Waals surface area (Å²) in [5, 5.41) is 2.83. The van der Waals surface area contributed by atoms with Gasteiger partial charge in [-0.05, 0) is 41.3 Å². The van der Waals surface area contributed by atoms with Gasteiger partial charge in [0.1, 0.15) is 5.70 Å². The van der Waals surface area contributed by atoms with E-state index in [4.69, 9.17) is 0 Å². The van der Waals surface area contributed by atoms with Crippen molar-refractivity contribution in [3.63, 3.8) is 0 Å². The molecular formula is C25H20F2N2O2. The Balaban J connectivity index is 1.77. The molecule has 4 rings (SSSR count). The highest BCUT2D eigenvalue weighted by Crippen LogP contribution is 2.34. The first kappa shape index (κ1) is 20.5. The molecule has 3 aromatic carbocycles. The van der Waals surface area contributed by atoms with Gasteiger partial charge in [-0.25, -0.2) is 13.7 Å². The molecule has 156 valence electrons.